The van der Waals surface area contributed by atoms with Gasteiger partial charge in [-0.25, -0.2) is 0 Å². The molecule has 2 heteroatoms. The first kappa shape index (κ1) is 15.3. The Morgan fingerprint density at radius 3 is 2.58 bits per heavy atom. The molecule has 1 N–H and O–H groups in total. The van der Waals surface area contributed by atoms with E-state index in [0.29, 0.717) is 11.5 Å². The Labute approximate surface area is 120 Å². The van der Waals surface area contributed by atoms with E-state index >= 15 is 0 Å². The summed E-state index contributed by atoms with van der Waals surface area (Å²) in [6.07, 6.45) is 6.84. The molecule has 0 aromatic carbocycles. The predicted octanol–water partition coefficient (Wildman–Crippen LogP) is 3.66. The van der Waals surface area contributed by atoms with Crippen LogP contribution in [0.5, 0.6) is 0 Å². The molecule has 0 bridgehead atoms. The average molecular weight is 266 g/mol. The van der Waals surface area contributed by atoms with Crippen LogP contribution in [0.3, 0.4) is 0 Å². The van der Waals surface area contributed by atoms with E-state index < -0.39 is 0 Å². The molecule has 19 heavy (non-hydrogen) atoms. The molecule has 1 saturated carbocycles. The van der Waals surface area contributed by atoms with Crippen LogP contribution in [0.25, 0.3) is 0 Å². The van der Waals surface area contributed by atoms with E-state index in [1.165, 1.54) is 45.2 Å². The molecule has 1 saturated heterocycles. The molecule has 0 radical (unpaired) electrons. The monoisotopic (exact) mass is 266 g/mol. The number of nitrogens with zero attached hydrogens (tertiary/aromatic N) is 1. The van der Waals surface area contributed by atoms with Gasteiger partial charge in [-0.2, -0.15) is 0 Å². The first-order valence-electron chi connectivity index (χ1n) is 8.40. The van der Waals surface area contributed by atoms with Crippen molar-refractivity contribution in [2.75, 3.05) is 13.1 Å². The Morgan fingerprint density at radius 1 is 1.32 bits per heavy atom. The second-order valence-electron chi connectivity index (χ2n) is 8.05. The van der Waals surface area contributed by atoms with Crippen LogP contribution in [0.2, 0.25) is 0 Å². The summed E-state index contributed by atoms with van der Waals surface area (Å²) < 4.78 is 0. The SMILES string of the molecule is CCC1CNC(CC(C)C)CN1C1CCC(C)(C)C1. The molecule has 1 aliphatic carbocycles. The summed E-state index contributed by atoms with van der Waals surface area (Å²) in [5, 5.41) is 3.78. The maximum Gasteiger partial charge on any atom is 0.0221 e. The van der Waals surface area contributed by atoms with Crippen LogP contribution in [0.15, 0.2) is 0 Å². The fraction of sp³-hybridized carbons (Fsp3) is 1.00. The van der Waals surface area contributed by atoms with E-state index in [0.717, 1.165) is 18.0 Å². The fourth-order valence-corrected chi connectivity index (χ4v) is 4.12. The van der Waals surface area contributed by atoms with Gasteiger partial charge >= 0.3 is 0 Å². The summed E-state index contributed by atoms with van der Waals surface area (Å²) in [4.78, 5) is 2.86. The number of rotatable bonds is 4. The van der Waals surface area contributed by atoms with Crippen molar-refractivity contribution in [2.45, 2.75) is 84.8 Å². The van der Waals surface area contributed by atoms with Gasteiger partial charge in [0.05, 0.1) is 0 Å². The minimum atomic E-state index is 0.571. The van der Waals surface area contributed by atoms with Gasteiger partial charge in [-0.1, -0.05) is 34.6 Å². The quantitative estimate of drug-likeness (QED) is 0.835. The minimum Gasteiger partial charge on any atom is -0.311 e. The van der Waals surface area contributed by atoms with Crippen molar-refractivity contribution in [2.24, 2.45) is 11.3 Å². The Hall–Kier alpha value is -0.0800. The van der Waals surface area contributed by atoms with Crippen molar-refractivity contribution >= 4 is 0 Å². The zero-order chi connectivity index (χ0) is 14.0. The number of piperazine rings is 1. The van der Waals surface area contributed by atoms with Gasteiger partial charge in [0, 0.05) is 31.2 Å². The van der Waals surface area contributed by atoms with Gasteiger partial charge in [0.1, 0.15) is 0 Å². The number of hydrogen-bond donors (Lipinski definition) is 1. The van der Waals surface area contributed by atoms with Crippen molar-refractivity contribution in [1.82, 2.24) is 10.2 Å². The van der Waals surface area contributed by atoms with E-state index in [2.05, 4.69) is 44.8 Å². The topological polar surface area (TPSA) is 15.3 Å². The highest BCUT2D eigenvalue weighted by Gasteiger charge is 2.38. The van der Waals surface area contributed by atoms with Crippen molar-refractivity contribution in [1.29, 1.82) is 0 Å². The molecule has 1 heterocycles. The molecule has 3 atom stereocenters. The Balaban J connectivity index is 1.98. The van der Waals surface area contributed by atoms with Crippen molar-refractivity contribution < 1.29 is 0 Å². The number of nitrogens with one attached hydrogen (secondary N) is 1. The summed E-state index contributed by atoms with van der Waals surface area (Å²) in [5.41, 5.74) is 0.571. The van der Waals surface area contributed by atoms with Crippen molar-refractivity contribution in [3.8, 4) is 0 Å². The van der Waals surface area contributed by atoms with E-state index in [4.69, 9.17) is 0 Å². The standard InChI is InChI=1S/C17H34N2/c1-6-15-11-18-14(9-13(2)3)12-19(15)16-7-8-17(4,5)10-16/h13-16,18H,6-12H2,1-5H3. The van der Waals surface area contributed by atoms with Crippen LogP contribution in [-0.2, 0) is 0 Å². The van der Waals surface area contributed by atoms with Gasteiger partial charge < -0.3 is 5.32 Å². The molecule has 0 aromatic rings. The third-order valence-electron chi connectivity index (χ3n) is 5.18. The summed E-state index contributed by atoms with van der Waals surface area (Å²) in [6.45, 7) is 14.4. The lowest BCUT2D eigenvalue weighted by atomic mass is 9.91. The molecule has 2 fully saturated rings. The van der Waals surface area contributed by atoms with Crippen LogP contribution < -0.4 is 5.32 Å². The van der Waals surface area contributed by atoms with Crippen molar-refractivity contribution in [3.05, 3.63) is 0 Å². The maximum absolute atomic E-state index is 3.78. The Morgan fingerprint density at radius 2 is 2.05 bits per heavy atom. The second-order valence-corrected chi connectivity index (χ2v) is 8.05. The Bertz CT molecular complexity index is 285. The molecule has 0 spiro atoms. The molecular weight excluding hydrogens is 232 g/mol. The second kappa shape index (κ2) is 6.13. The first-order valence-corrected chi connectivity index (χ1v) is 8.40. The highest BCUT2D eigenvalue weighted by atomic mass is 15.3. The molecule has 2 rings (SSSR count). The van der Waals surface area contributed by atoms with Gasteiger partial charge in [-0.05, 0) is 43.4 Å². The molecule has 2 nitrogen and oxygen atoms in total. The highest BCUT2D eigenvalue weighted by Crippen LogP contribution is 2.40. The van der Waals surface area contributed by atoms with Crippen LogP contribution in [0.4, 0.5) is 0 Å². The maximum atomic E-state index is 3.78. The predicted molar refractivity (Wildman–Crippen MR) is 83.5 cm³/mol. The summed E-state index contributed by atoms with van der Waals surface area (Å²) >= 11 is 0. The average Bonchev–Trinajstić information content (AvgIpc) is 2.69. The van der Waals surface area contributed by atoms with Gasteiger partial charge in [0.15, 0.2) is 0 Å². The van der Waals surface area contributed by atoms with Crippen LogP contribution in [-0.4, -0.2) is 36.1 Å². The zero-order valence-electron chi connectivity index (χ0n) is 13.7. The third kappa shape index (κ3) is 3.95. The summed E-state index contributed by atoms with van der Waals surface area (Å²) in [5.74, 6) is 0.803. The molecule has 2 aliphatic rings. The van der Waals surface area contributed by atoms with Gasteiger partial charge in [0.25, 0.3) is 0 Å². The van der Waals surface area contributed by atoms with E-state index in [-0.39, 0.29) is 0 Å². The van der Waals surface area contributed by atoms with E-state index in [9.17, 15) is 0 Å². The van der Waals surface area contributed by atoms with Crippen LogP contribution >= 0.6 is 0 Å². The molecule has 112 valence electrons. The third-order valence-corrected chi connectivity index (χ3v) is 5.18. The lowest BCUT2D eigenvalue weighted by Crippen LogP contribution is -2.59. The lowest BCUT2D eigenvalue weighted by molar-refractivity contribution is 0.0709. The summed E-state index contributed by atoms with van der Waals surface area (Å²) in [7, 11) is 0. The van der Waals surface area contributed by atoms with Gasteiger partial charge in [-0.15, -0.1) is 0 Å². The van der Waals surface area contributed by atoms with Crippen LogP contribution in [0, 0.1) is 11.3 Å². The van der Waals surface area contributed by atoms with Crippen LogP contribution in [0.1, 0.15) is 66.7 Å². The first-order chi connectivity index (χ1) is 8.91. The van der Waals surface area contributed by atoms with Gasteiger partial charge in [-0.3, -0.25) is 4.90 Å². The molecule has 0 aromatic heterocycles. The lowest BCUT2D eigenvalue weighted by Gasteiger charge is -2.44. The zero-order valence-corrected chi connectivity index (χ0v) is 13.7. The van der Waals surface area contributed by atoms with Crippen molar-refractivity contribution in [3.63, 3.8) is 0 Å². The smallest absolute Gasteiger partial charge is 0.0221 e. The van der Waals surface area contributed by atoms with E-state index in [1.807, 2.05) is 0 Å². The van der Waals surface area contributed by atoms with Gasteiger partial charge in [0.2, 0.25) is 0 Å². The normalized spacial score (nSPS) is 36.0. The molecule has 0 amide bonds. The minimum absolute atomic E-state index is 0.571. The number of hydrogen-bond acceptors (Lipinski definition) is 2. The molecule has 1 aliphatic heterocycles. The summed E-state index contributed by atoms with van der Waals surface area (Å²) in [6, 6.07) is 2.32. The Kier molecular flexibility index (Phi) is 4.94. The molecular formula is C17H34N2. The largest absolute Gasteiger partial charge is 0.311 e. The highest BCUT2D eigenvalue weighted by molar-refractivity contribution is 4.95. The van der Waals surface area contributed by atoms with E-state index in [1.54, 1.807) is 0 Å². The molecule has 3 unspecified atom stereocenters. The fourth-order valence-electron chi connectivity index (χ4n) is 4.12.